The molecule has 2 heterocycles. The Hall–Kier alpha value is -2.14. The Kier molecular flexibility index (Phi) is 4.69. The summed E-state index contributed by atoms with van der Waals surface area (Å²) in [4.78, 5) is 24.9. The third-order valence-corrected chi connectivity index (χ3v) is 4.99. The maximum absolute atomic E-state index is 12.6. The molecule has 0 atom stereocenters. The van der Waals surface area contributed by atoms with Gasteiger partial charge in [0.25, 0.3) is 0 Å². The molecule has 26 heavy (non-hydrogen) atoms. The molecule has 1 aromatic carbocycles. The molecule has 0 radical (unpaired) electrons. The number of aromatic nitrogens is 2. The quantitative estimate of drug-likeness (QED) is 0.719. The van der Waals surface area contributed by atoms with E-state index >= 15 is 0 Å². The first kappa shape index (κ1) is 18.6. The second-order valence-electron chi connectivity index (χ2n) is 8.07. The average Bonchev–Trinajstić information content (AvgIpc) is 2.56. The van der Waals surface area contributed by atoms with E-state index in [1.165, 1.54) is 5.56 Å². The number of rotatable bonds is 2. The van der Waals surface area contributed by atoms with Crippen LogP contribution < -0.4 is 9.80 Å². The number of carbonyl (C=O) groups is 1. The van der Waals surface area contributed by atoms with Gasteiger partial charge in [0.15, 0.2) is 0 Å². The Labute approximate surface area is 160 Å². The number of nitrogens with zero attached hydrogens (tertiary/aromatic N) is 4. The molecule has 0 bridgehead atoms. The monoisotopic (exact) mass is 372 g/mol. The van der Waals surface area contributed by atoms with Crippen molar-refractivity contribution in [1.29, 1.82) is 0 Å². The van der Waals surface area contributed by atoms with E-state index in [1.807, 2.05) is 18.0 Å². The van der Waals surface area contributed by atoms with Crippen molar-refractivity contribution in [3.63, 3.8) is 0 Å². The van der Waals surface area contributed by atoms with Gasteiger partial charge in [-0.25, -0.2) is 4.98 Å². The van der Waals surface area contributed by atoms with Crippen LogP contribution in [0, 0.1) is 0 Å². The number of amides is 1. The van der Waals surface area contributed by atoms with Crippen LogP contribution in [0.1, 0.15) is 51.7 Å². The number of anilines is 3. The maximum Gasteiger partial charge on any atom is 0.246 e. The molecule has 1 aromatic heterocycles. The van der Waals surface area contributed by atoms with Gasteiger partial charge in [-0.1, -0.05) is 40.7 Å². The lowest BCUT2D eigenvalue weighted by molar-refractivity contribution is -0.117. The summed E-state index contributed by atoms with van der Waals surface area (Å²) in [6.07, 6.45) is 1.76. The largest absolute Gasteiger partial charge is 0.315 e. The first-order chi connectivity index (χ1) is 12.1. The lowest BCUT2D eigenvalue weighted by Crippen LogP contribution is -2.42. The zero-order valence-corrected chi connectivity index (χ0v) is 16.9. The molecular weight excluding hydrogens is 348 g/mol. The van der Waals surface area contributed by atoms with Crippen LogP contribution in [-0.2, 0) is 10.2 Å². The molecule has 0 unspecified atom stereocenters. The fraction of sp³-hybridized carbons (Fsp3) is 0.450. The van der Waals surface area contributed by atoms with Gasteiger partial charge in [-0.2, -0.15) is 4.98 Å². The predicted molar refractivity (Wildman–Crippen MR) is 107 cm³/mol. The minimum Gasteiger partial charge on any atom is -0.315 e. The molecule has 1 aliphatic heterocycles. The lowest BCUT2D eigenvalue weighted by atomic mass is 9.86. The summed E-state index contributed by atoms with van der Waals surface area (Å²) >= 11 is 6.09. The number of benzene rings is 1. The van der Waals surface area contributed by atoms with Crippen LogP contribution in [-0.4, -0.2) is 29.5 Å². The molecule has 5 nitrogen and oxygen atoms in total. The topological polar surface area (TPSA) is 49.3 Å². The highest BCUT2D eigenvalue weighted by atomic mass is 35.5. The van der Waals surface area contributed by atoms with Crippen LogP contribution in [0.15, 0.2) is 24.4 Å². The summed E-state index contributed by atoms with van der Waals surface area (Å²) < 4.78 is 0. The van der Waals surface area contributed by atoms with Crippen molar-refractivity contribution in [2.45, 2.75) is 46.0 Å². The van der Waals surface area contributed by atoms with E-state index in [0.717, 1.165) is 16.9 Å². The molecule has 0 N–H and O–H groups in total. The first-order valence-electron chi connectivity index (χ1n) is 8.80. The lowest BCUT2D eigenvalue weighted by Gasteiger charge is -2.37. The van der Waals surface area contributed by atoms with Crippen molar-refractivity contribution in [2.75, 3.05) is 23.4 Å². The third-order valence-electron chi connectivity index (χ3n) is 4.81. The van der Waals surface area contributed by atoms with Gasteiger partial charge in [0.2, 0.25) is 11.2 Å². The number of hydrogen-bond donors (Lipinski definition) is 0. The van der Waals surface area contributed by atoms with E-state index in [-0.39, 0.29) is 29.1 Å². The number of hydrogen-bond acceptors (Lipinski definition) is 4. The Balaban J connectivity index is 2.24. The van der Waals surface area contributed by atoms with Crippen molar-refractivity contribution < 1.29 is 4.79 Å². The smallest absolute Gasteiger partial charge is 0.246 e. The number of fused-ring (bicyclic) bond motifs is 1. The van der Waals surface area contributed by atoms with E-state index in [4.69, 9.17) is 11.6 Å². The van der Waals surface area contributed by atoms with E-state index in [2.05, 4.69) is 56.7 Å². The second-order valence-corrected chi connectivity index (χ2v) is 8.40. The van der Waals surface area contributed by atoms with Crippen molar-refractivity contribution in [1.82, 2.24) is 9.97 Å². The molecule has 1 amide bonds. The Morgan fingerprint density at radius 3 is 2.50 bits per heavy atom. The fourth-order valence-corrected chi connectivity index (χ4v) is 3.25. The van der Waals surface area contributed by atoms with E-state index < -0.39 is 0 Å². The summed E-state index contributed by atoms with van der Waals surface area (Å²) in [6.45, 7) is 10.9. The number of halogens is 1. The Morgan fingerprint density at radius 2 is 1.88 bits per heavy atom. The van der Waals surface area contributed by atoms with Gasteiger partial charge < -0.3 is 9.80 Å². The Morgan fingerprint density at radius 1 is 1.19 bits per heavy atom. The molecule has 0 saturated heterocycles. The molecule has 1 aliphatic rings. The highest BCUT2D eigenvalue weighted by Crippen LogP contribution is 2.41. The standard InChI is InChI=1S/C20H25ClN4O/c1-12(2)14-10-22-19(21)23-18(14)25-11-17(26)24(6)15-8-7-13(9-16(15)25)20(3,4)5/h7-10,12H,11H2,1-6H3. The first-order valence-corrected chi connectivity index (χ1v) is 9.18. The predicted octanol–water partition coefficient (Wildman–Crippen LogP) is 4.67. The summed E-state index contributed by atoms with van der Waals surface area (Å²) in [6, 6.07) is 6.25. The van der Waals surface area contributed by atoms with Gasteiger partial charge in [-0.05, 0) is 40.6 Å². The highest BCUT2D eigenvalue weighted by molar-refractivity contribution is 6.28. The van der Waals surface area contributed by atoms with Gasteiger partial charge in [0.05, 0.1) is 11.4 Å². The molecule has 138 valence electrons. The zero-order valence-electron chi connectivity index (χ0n) is 16.2. The van der Waals surface area contributed by atoms with Crippen molar-refractivity contribution in [3.8, 4) is 0 Å². The van der Waals surface area contributed by atoms with Gasteiger partial charge in [0, 0.05) is 18.8 Å². The average molecular weight is 373 g/mol. The van der Waals surface area contributed by atoms with Crippen LogP contribution in [0.2, 0.25) is 5.28 Å². The van der Waals surface area contributed by atoms with Gasteiger partial charge >= 0.3 is 0 Å². The van der Waals surface area contributed by atoms with Crippen LogP contribution in [0.25, 0.3) is 0 Å². The van der Waals surface area contributed by atoms with Gasteiger partial charge in [-0.15, -0.1) is 0 Å². The molecule has 6 heteroatoms. The van der Waals surface area contributed by atoms with Crippen molar-refractivity contribution in [2.24, 2.45) is 0 Å². The second kappa shape index (κ2) is 6.54. The maximum atomic E-state index is 12.6. The van der Waals surface area contributed by atoms with E-state index in [0.29, 0.717) is 5.82 Å². The normalized spacial score (nSPS) is 14.8. The minimum atomic E-state index is 0.00488. The van der Waals surface area contributed by atoms with Crippen LogP contribution >= 0.6 is 11.6 Å². The van der Waals surface area contributed by atoms with Crippen LogP contribution in [0.5, 0.6) is 0 Å². The molecule has 0 aliphatic carbocycles. The summed E-state index contributed by atoms with van der Waals surface area (Å²) in [5.74, 6) is 0.936. The fourth-order valence-electron chi connectivity index (χ4n) is 3.12. The molecule has 3 rings (SSSR count). The summed E-state index contributed by atoms with van der Waals surface area (Å²) in [5, 5.41) is 0.185. The molecule has 0 saturated carbocycles. The third kappa shape index (κ3) is 3.28. The van der Waals surface area contributed by atoms with Crippen LogP contribution in [0.4, 0.5) is 17.2 Å². The number of carbonyl (C=O) groups excluding carboxylic acids is 1. The highest BCUT2D eigenvalue weighted by Gasteiger charge is 2.31. The molecule has 2 aromatic rings. The van der Waals surface area contributed by atoms with E-state index in [9.17, 15) is 4.79 Å². The molecule has 0 spiro atoms. The van der Waals surface area contributed by atoms with Gasteiger partial charge in [0.1, 0.15) is 12.4 Å². The van der Waals surface area contributed by atoms with E-state index in [1.54, 1.807) is 11.1 Å². The zero-order chi connectivity index (χ0) is 19.2. The Bertz CT molecular complexity index is 857. The van der Waals surface area contributed by atoms with Crippen LogP contribution in [0.3, 0.4) is 0 Å². The van der Waals surface area contributed by atoms with Crippen molar-refractivity contribution in [3.05, 3.63) is 40.8 Å². The molecular formula is C20H25ClN4O. The van der Waals surface area contributed by atoms with Crippen molar-refractivity contribution >= 4 is 34.7 Å². The summed E-state index contributed by atoms with van der Waals surface area (Å²) in [7, 11) is 1.81. The molecule has 0 fully saturated rings. The minimum absolute atomic E-state index is 0.00488. The van der Waals surface area contributed by atoms with Gasteiger partial charge in [-0.3, -0.25) is 4.79 Å². The SMILES string of the molecule is CC(C)c1cnc(Cl)nc1N1CC(=O)N(C)c2ccc(C(C)(C)C)cc21. The number of likely N-dealkylation sites (N-methyl/N-ethyl adjacent to an activating group) is 1. The summed E-state index contributed by atoms with van der Waals surface area (Å²) in [5.41, 5.74) is 4.02.